The Bertz CT molecular complexity index is 2020. The van der Waals surface area contributed by atoms with Gasteiger partial charge in [-0.2, -0.15) is 0 Å². The van der Waals surface area contributed by atoms with Gasteiger partial charge in [0.2, 0.25) is 5.78 Å². The van der Waals surface area contributed by atoms with E-state index in [-0.39, 0.29) is 67.3 Å². The topological polar surface area (TPSA) is 219 Å². The van der Waals surface area contributed by atoms with Crippen molar-refractivity contribution in [3.63, 3.8) is 0 Å². The smallest absolute Gasteiger partial charge is 0.329 e. The lowest BCUT2D eigenvalue weighted by Gasteiger charge is -2.40. The number of hydrogen-bond acceptors (Lipinski definition) is 15. The quantitative estimate of drug-likeness (QED) is 0.181. The lowest BCUT2D eigenvalue weighted by molar-refractivity contribution is -0.231. The number of aliphatic hydroxyl groups is 2. The first-order valence-corrected chi connectivity index (χ1v) is 25.0. The molecule has 17 nitrogen and oxygen atoms in total. The summed E-state index contributed by atoms with van der Waals surface area (Å²) < 4.78 is 31.7. The van der Waals surface area contributed by atoms with Crippen molar-refractivity contribution in [3.05, 3.63) is 53.9 Å². The molecule has 0 radical (unpaired) electrons. The number of aliphatic hydroxyl groups excluding tert-OH is 1. The van der Waals surface area contributed by atoms with E-state index in [9.17, 15) is 34.2 Å². The van der Waals surface area contributed by atoms with Crippen molar-refractivity contribution in [1.82, 2.24) is 25.1 Å². The Labute approximate surface area is 408 Å². The third-order valence-electron chi connectivity index (χ3n) is 15.1. The maximum atomic E-state index is 14.7. The number of piperidine rings is 1. The minimum atomic E-state index is -2.86. The van der Waals surface area contributed by atoms with Crippen LogP contribution in [0.2, 0.25) is 0 Å². The molecule has 384 valence electrons. The van der Waals surface area contributed by atoms with E-state index in [0.29, 0.717) is 50.5 Å². The zero-order valence-corrected chi connectivity index (χ0v) is 42.5. The molecular weight excluding hydrogens is 887 g/mol. The molecule has 4 aliphatic rings. The van der Waals surface area contributed by atoms with Gasteiger partial charge in [-0.05, 0) is 117 Å². The van der Waals surface area contributed by atoms with E-state index in [2.05, 4.69) is 15.5 Å². The number of hydrogen-bond donors (Lipinski definition) is 2. The number of esters is 1. The molecule has 1 amide bonds. The van der Waals surface area contributed by atoms with E-state index in [0.717, 1.165) is 18.4 Å². The summed E-state index contributed by atoms with van der Waals surface area (Å²) in [5.74, 6) is -7.98. The molecule has 5 rings (SSSR count). The van der Waals surface area contributed by atoms with Crippen LogP contribution in [0.1, 0.15) is 132 Å². The number of aromatic nitrogens is 4. The van der Waals surface area contributed by atoms with Gasteiger partial charge >= 0.3 is 11.8 Å². The van der Waals surface area contributed by atoms with Crippen LogP contribution >= 0.6 is 0 Å². The fourth-order valence-corrected chi connectivity index (χ4v) is 10.7. The molecule has 3 fully saturated rings. The maximum Gasteiger partial charge on any atom is 0.329 e. The number of carbonyl (C=O) groups excluding carboxylic acids is 5. The number of ketones is 3. The lowest BCUT2D eigenvalue weighted by atomic mass is 9.77. The molecule has 1 aromatic rings. The number of allylic oxidation sites excluding steroid dienone is 6. The van der Waals surface area contributed by atoms with Crippen LogP contribution in [-0.4, -0.2) is 141 Å². The predicted molar refractivity (Wildman–Crippen MR) is 256 cm³/mol. The van der Waals surface area contributed by atoms with Gasteiger partial charge in [-0.15, -0.1) is 5.10 Å². The number of fused-ring (bicyclic) bond motifs is 3. The second-order valence-electron chi connectivity index (χ2n) is 20.4. The van der Waals surface area contributed by atoms with Crippen molar-refractivity contribution in [1.29, 1.82) is 0 Å². The number of tetrazole rings is 1. The Morgan fingerprint density at radius 2 is 1.62 bits per heavy atom. The van der Waals surface area contributed by atoms with Crippen LogP contribution in [0.15, 0.2) is 53.9 Å². The summed E-state index contributed by atoms with van der Waals surface area (Å²) in [7, 11) is 4.61. The first-order chi connectivity index (χ1) is 32.8. The van der Waals surface area contributed by atoms with Crippen LogP contribution in [0.3, 0.4) is 0 Å². The van der Waals surface area contributed by atoms with Crippen LogP contribution in [0.4, 0.5) is 0 Å². The third-order valence-corrected chi connectivity index (χ3v) is 15.1. The molecule has 17 heteroatoms. The van der Waals surface area contributed by atoms with Crippen molar-refractivity contribution < 1.29 is 57.9 Å². The summed E-state index contributed by atoms with van der Waals surface area (Å²) >= 11 is 0. The van der Waals surface area contributed by atoms with Gasteiger partial charge in [-0.1, -0.05) is 71.1 Å². The van der Waals surface area contributed by atoms with Gasteiger partial charge in [0.05, 0.1) is 24.4 Å². The average molecular weight is 966 g/mol. The number of carbonyl (C=O) groups is 5. The number of Topliss-reactive ketones (excluding diaryl/α,β-unsaturated/α-hetero) is 3. The number of ether oxygens (including phenoxy) is 5. The highest BCUT2D eigenvalue weighted by atomic mass is 16.6. The van der Waals surface area contributed by atoms with Crippen molar-refractivity contribution in [2.45, 2.75) is 180 Å². The van der Waals surface area contributed by atoms with E-state index >= 15 is 0 Å². The van der Waals surface area contributed by atoms with Crippen LogP contribution < -0.4 is 0 Å². The molecule has 15 atom stereocenters. The van der Waals surface area contributed by atoms with Crippen molar-refractivity contribution in [2.24, 2.45) is 35.5 Å². The third kappa shape index (κ3) is 14.2. The lowest BCUT2D eigenvalue weighted by Crippen LogP contribution is -2.62. The SMILES string of the molecule is CO[C@H]1C[C@@H]2CC[C@@H](C)C(=O)C(O)(O2)C(=O)N2CCCCC2C(=O)O[C@H]([C@H](C)C[C@@H]2CC[C@H](n3cnnn3)[C@H](OC)C2)CC(=O)[C@H](C)/C=C(\C)[C@@H](O)[C@@H](OC)C(=O)[C@@H](C)C[C@H](C)/C=C/C=C/C=C1C. The zero-order chi connectivity index (χ0) is 50.6. The molecule has 2 N–H and O–H groups in total. The van der Waals surface area contributed by atoms with Crippen LogP contribution in [0, 0.1) is 35.5 Å². The van der Waals surface area contributed by atoms with Gasteiger partial charge in [0.1, 0.15) is 36.5 Å². The summed E-state index contributed by atoms with van der Waals surface area (Å²) in [5.41, 5.74) is 1.24. The molecule has 2 saturated heterocycles. The van der Waals surface area contributed by atoms with E-state index in [1.807, 2.05) is 58.1 Å². The van der Waals surface area contributed by atoms with Crippen LogP contribution in [0.25, 0.3) is 0 Å². The van der Waals surface area contributed by atoms with Crippen molar-refractivity contribution in [2.75, 3.05) is 27.9 Å². The van der Waals surface area contributed by atoms with E-state index in [1.54, 1.807) is 52.1 Å². The molecule has 1 aliphatic carbocycles. The Kier molecular flexibility index (Phi) is 20.8. The fourth-order valence-electron chi connectivity index (χ4n) is 10.7. The van der Waals surface area contributed by atoms with Gasteiger partial charge in [-0.3, -0.25) is 19.2 Å². The molecule has 4 heterocycles. The number of cyclic esters (lactones) is 1. The molecule has 0 spiro atoms. The average Bonchev–Trinajstić information content (AvgIpc) is 3.85. The first-order valence-electron chi connectivity index (χ1n) is 25.0. The highest BCUT2D eigenvalue weighted by Gasteiger charge is 2.55. The Hall–Kier alpha value is -4.26. The molecule has 1 aromatic heterocycles. The maximum absolute atomic E-state index is 14.7. The second-order valence-corrected chi connectivity index (χ2v) is 20.4. The fraction of sp³-hybridized carbons (Fsp3) is 0.731. The summed E-state index contributed by atoms with van der Waals surface area (Å²) in [4.78, 5) is 72.6. The van der Waals surface area contributed by atoms with E-state index in [4.69, 9.17) is 23.7 Å². The van der Waals surface area contributed by atoms with Crippen LogP contribution in [-0.2, 0) is 47.7 Å². The Morgan fingerprint density at radius 3 is 2.30 bits per heavy atom. The number of methoxy groups -OCH3 is 3. The Balaban J connectivity index is 1.49. The molecule has 2 unspecified atom stereocenters. The molecule has 1 saturated carbocycles. The molecule has 2 bridgehead atoms. The summed E-state index contributed by atoms with van der Waals surface area (Å²) in [6, 6.07) is -1.21. The molecule has 69 heavy (non-hydrogen) atoms. The van der Waals surface area contributed by atoms with Gasteiger partial charge in [0.15, 0.2) is 5.78 Å². The summed E-state index contributed by atoms with van der Waals surface area (Å²) in [5, 5.41) is 35.4. The minimum absolute atomic E-state index is 0.0124. The van der Waals surface area contributed by atoms with Crippen LogP contribution in [0.5, 0.6) is 0 Å². The van der Waals surface area contributed by atoms with Gasteiger partial charge in [0, 0.05) is 58.5 Å². The monoisotopic (exact) mass is 966 g/mol. The van der Waals surface area contributed by atoms with Gasteiger partial charge < -0.3 is 38.8 Å². The molecule has 0 aromatic carbocycles. The summed E-state index contributed by atoms with van der Waals surface area (Å²) in [6.45, 7) is 12.8. The highest BCUT2D eigenvalue weighted by molar-refractivity contribution is 6.09. The zero-order valence-electron chi connectivity index (χ0n) is 42.5. The van der Waals surface area contributed by atoms with Gasteiger partial charge in [-0.25, -0.2) is 9.48 Å². The molecule has 3 aliphatic heterocycles. The minimum Gasteiger partial charge on any atom is -0.460 e. The molecular formula is C52H79N5O12. The Morgan fingerprint density at radius 1 is 0.870 bits per heavy atom. The standard InChI is InChI=1S/C52H79N5O12/c1-31-16-12-11-13-17-32(2)43(65-8)28-39-21-19-33(3)49(61)52(64,69-39)51(63)56-23-15-14-18-41(56)50(62)68-44(35(5)26-38-20-22-40(45(27-38)66-9)57-30-53-54-55-57)29-42(58)34(4)25-37(7)47(60)48(67-10)46(59)36(6)24-31/h11-13,16-17,25,30-31,33-36,38-41,43-45,47-48,60,64H,14-15,18-24,26-29H2,1-10H3/b13-11+,16-12+,32-17?,37-25+/t31-,33-,34-,35-,36+,38+,39+,40+,41?,43+,44+,45-,47-,48+,52?/m1/s1. The number of rotatable bonds is 7. The van der Waals surface area contributed by atoms with E-state index in [1.165, 1.54) is 12.0 Å². The summed E-state index contributed by atoms with van der Waals surface area (Å²) in [6.07, 6.45) is 13.4. The first kappa shape index (κ1) is 55.7. The largest absolute Gasteiger partial charge is 0.460 e. The number of nitrogens with zero attached hydrogens (tertiary/aromatic N) is 5. The van der Waals surface area contributed by atoms with Crippen molar-refractivity contribution >= 4 is 29.2 Å². The highest BCUT2D eigenvalue weighted by Crippen LogP contribution is 2.39. The predicted octanol–water partition coefficient (Wildman–Crippen LogP) is 6.05. The number of amides is 1. The van der Waals surface area contributed by atoms with Crippen molar-refractivity contribution in [3.8, 4) is 0 Å². The van der Waals surface area contributed by atoms with E-state index < -0.39 is 77.8 Å². The van der Waals surface area contributed by atoms with Gasteiger partial charge in [0.25, 0.3) is 5.91 Å². The second kappa shape index (κ2) is 25.7. The normalized spacial score (nSPS) is 38.0.